The first kappa shape index (κ1) is 14.3. The van der Waals surface area contributed by atoms with Gasteiger partial charge in [-0.1, -0.05) is 0 Å². The van der Waals surface area contributed by atoms with E-state index in [2.05, 4.69) is 5.43 Å². The Balaban J connectivity index is 2.18. The molecule has 6 nitrogen and oxygen atoms in total. The normalized spacial score (nSPS) is 23.5. The van der Waals surface area contributed by atoms with Gasteiger partial charge in [-0.3, -0.25) is 15.0 Å². The van der Waals surface area contributed by atoms with Gasteiger partial charge < -0.3 is 9.64 Å². The van der Waals surface area contributed by atoms with Crippen molar-refractivity contribution < 1.29 is 14.3 Å². The van der Waals surface area contributed by atoms with Crippen molar-refractivity contribution in [3.8, 4) is 0 Å². The van der Waals surface area contributed by atoms with Crippen LogP contribution in [0.15, 0.2) is 0 Å². The van der Waals surface area contributed by atoms with Gasteiger partial charge in [0.2, 0.25) is 5.91 Å². The minimum Gasteiger partial charge on any atom is -0.364 e. The third kappa shape index (κ3) is 4.53. The maximum Gasteiger partial charge on any atom is 0.263 e. The Morgan fingerprint density at radius 2 is 2.18 bits per heavy atom. The second kappa shape index (κ2) is 6.83. The van der Waals surface area contributed by atoms with Gasteiger partial charge in [0.25, 0.3) is 5.91 Å². The number of nitrogens with two attached hydrogens (primary N) is 1. The van der Waals surface area contributed by atoms with Gasteiger partial charge in [-0.25, -0.2) is 5.84 Å². The van der Waals surface area contributed by atoms with Crippen LogP contribution in [0.5, 0.6) is 0 Å². The molecule has 17 heavy (non-hydrogen) atoms. The summed E-state index contributed by atoms with van der Waals surface area (Å²) in [5.74, 6) is 6.02. The van der Waals surface area contributed by atoms with Gasteiger partial charge >= 0.3 is 0 Å². The first-order valence-electron chi connectivity index (χ1n) is 5.48. The van der Waals surface area contributed by atoms with E-state index in [0.29, 0.717) is 12.2 Å². The molecule has 0 radical (unpaired) electrons. The zero-order valence-electron chi connectivity index (χ0n) is 10.1. The summed E-state index contributed by atoms with van der Waals surface area (Å²) in [5.41, 5.74) is 2.09. The number of carbonyl (C=O) groups is 2. The Bertz CT molecular complexity index is 286. The Morgan fingerprint density at radius 1 is 1.47 bits per heavy atom. The highest BCUT2D eigenvalue weighted by atomic mass is 32.2. The Morgan fingerprint density at radius 3 is 2.76 bits per heavy atom. The fourth-order valence-electron chi connectivity index (χ4n) is 1.52. The van der Waals surface area contributed by atoms with Crippen molar-refractivity contribution in [2.45, 2.75) is 25.0 Å². The number of hydrogen-bond acceptors (Lipinski definition) is 5. The van der Waals surface area contributed by atoms with Crippen LogP contribution in [-0.4, -0.2) is 54.5 Å². The van der Waals surface area contributed by atoms with Crippen molar-refractivity contribution in [3.05, 3.63) is 0 Å². The van der Waals surface area contributed by atoms with Crippen molar-refractivity contribution in [2.24, 2.45) is 5.84 Å². The first-order chi connectivity index (χ1) is 8.04. The number of ether oxygens (including phenoxy) is 1. The Kier molecular flexibility index (Phi) is 5.73. The third-order valence-electron chi connectivity index (χ3n) is 2.57. The highest BCUT2D eigenvalue weighted by Crippen LogP contribution is 2.22. The summed E-state index contributed by atoms with van der Waals surface area (Å²) in [5, 5.41) is 0. The molecule has 0 saturated carbocycles. The summed E-state index contributed by atoms with van der Waals surface area (Å²) in [7, 11) is 3.47. The SMILES string of the molecule is CN(C)C(=O)CSCC1CCC(C(=O)NN)O1. The molecule has 0 bridgehead atoms. The van der Waals surface area contributed by atoms with Crippen LogP contribution in [0.4, 0.5) is 0 Å². The van der Waals surface area contributed by atoms with Gasteiger partial charge in [0.15, 0.2) is 0 Å². The second-order valence-corrected chi connectivity index (χ2v) is 5.17. The molecule has 7 heteroatoms. The van der Waals surface area contributed by atoms with Crippen LogP contribution in [-0.2, 0) is 14.3 Å². The minimum atomic E-state index is -0.435. The molecular weight excluding hydrogens is 242 g/mol. The van der Waals surface area contributed by atoms with Gasteiger partial charge in [-0.15, -0.1) is 11.8 Å². The van der Waals surface area contributed by atoms with Gasteiger partial charge in [0, 0.05) is 19.8 Å². The van der Waals surface area contributed by atoms with E-state index in [4.69, 9.17) is 10.6 Å². The fourth-order valence-corrected chi connectivity index (χ4v) is 2.58. The highest BCUT2D eigenvalue weighted by molar-refractivity contribution is 7.99. The molecule has 2 unspecified atom stereocenters. The number of nitrogens with zero attached hydrogens (tertiary/aromatic N) is 1. The standard InChI is InChI=1S/C10H19N3O3S/c1-13(2)9(14)6-17-5-7-3-4-8(16-7)10(15)12-11/h7-8H,3-6,11H2,1-2H3,(H,12,15). The number of carbonyl (C=O) groups excluding carboxylic acids is 2. The molecule has 3 N–H and O–H groups in total. The number of amides is 2. The monoisotopic (exact) mass is 261 g/mol. The largest absolute Gasteiger partial charge is 0.364 e. The lowest BCUT2D eigenvalue weighted by molar-refractivity contribution is -0.131. The lowest BCUT2D eigenvalue weighted by Crippen LogP contribution is -2.39. The molecule has 1 aliphatic rings. The molecule has 98 valence electrons. The highest BCUT2D eigenvalue weighted by Gasteiger charge is 2.30. The van der Waals surface area contributed by atoms with Gasteiger partial charge in [0.1, 0.15) is 6.10 Å². The van der Waals surface area contributed by atoms with Crippen molar-refractivity contribution in [1.29, 1.82) is 0 Å². The van der Waals surface area contributed by atoms with E-state index < -0.39 is 6.10 Å². The van der Waals surface area contributed by atoms with Gasteiger partial charge in [0.05, 0.1) is 11.9 Å². The maximum atomic E-state index is 11.3. The van der Waals surface area contributed by atoms with Gasteiger partial charge in [-0.2, -0.15) is 0 Å². The molecule has 1 aliphatic heterocycles. The van der Waals surface area contributed by atoms with E-state index in [0.717, 1.165) is 12.2 Å². The third-order valence-corrected chi connectivity index (χ3v) is 3.63. The second-order valence-electron chi connectivity index (χ2n) is 4.14. The number of nitrogens with one attached hydrogen (secondary N) is 1. The maximum absolute atomic E-state index is 11.3. The molecule has 0 aromatic carbocycles. The zero-order valence-corrected chi connectivity index (χ0v) is 11.0. The molecule has 2 amide bonds. The Hall–Kier alpha value is -0.790. The summed E-state index contributed by atoms with van der Waals surface area (Å²) in [6, 6.07) is 0. The van der Waals surface area contributed by atoms with Crippen LogP contribution in [0.2, 0.25) is 0 Å². The minimum absolute atomic E-state index is 0.0391. The van der Waals surface area contributed by atoms with Crippen molar-refractivity contribution in [1.82, 2.24) is 10.3 Å². The summed E-state index contributed by atoms with van der Waals surface area (Å²) < 4.78 is 5.52. The van der Waals surface area contributed by atoms with Gasteiger partial charge in [-0.05, 0) is 12.8 Å². The van der Waals surface area contributed by atoms with Crippen molar-refractivity contribution in [3.63, 3.8) is 0 Å². The fraction of sp³-hybridized carbons (Fsp3) is 0.800. The number of hydrazine groups is 1. The van der Waals surface area contributed by atoms with Crippen molar-refractivity contribution in [2.75, 3.05) is 25.6 Å². The molecular formula is C10H19N3O3S. The predicted octanol–water partition coefficient (Wildman–Crippen LogP) is -0.655. The van der Waals surface area contributed by atoms with Crippen LogP contribution < -0.4 is 11.3 Å². The van der Waals surface area contributed by atoms with Crippen molar-refractivity contribution >= 4 is 23.6 Å². The van der Waals surface area contributed by atoms with E-state index in [9.17, 15) is 9.59 Å². The molecule has 1 heterocycles. The summed E-state index contributed by atoms with van der Waals surface area (Å²) in [6.45, 7) is 0. The molecule has 0 aliphatic carbocycles. The summed E-state index contributed by atoms with van der Waals surface area (Å²) in [4.78, 5) is 24.1. The number of hydrogen-bond donors (Lipinski definition) is 2. The zero-order chi connectivity index (χ0) is 12.8. The average molecular weight is 261 g/mol. The summed E-state index contributed by atoms with van der Waals surface area (Å²) >= 11 is 1.53. The number of rotatable bonds is 5. The van der Waals surface area contributed by atoms with Crippen LogP contribution in [0.3, 0.4) is 0 Å². The van der Waals surface area contributed by atoms with Crippen LogP contribution in [0, 0.1) is 0 Å². The molecule has 1 saturated heterocycles. The van der Waals surface area contributed by atoms with Crippen LogP contribution in [0.25, 0.3) is 0 Å². The van der Waals surface area contributed by atoms with E-state index in [1.807, 2.05) is 0 Å². The topological polar surface area (TPSA) is 84.7 Å². The molecule has 1 rings (SSSR count). The van der Waals surface area contributed by atoms with E-state index in [1.165, 1.54) is 11.8 Å². The predicted molar refractivity (Wildman–Crippen MR) is 66.2 cm³/mol. The molecule has 2 atom stereocenters. The first-order valence-corrected chi connectivity index (χ1v) is 6.64. The summed E-state index contributed by atoms with van der Waals surface area (Å²) in [6.07, 6.45) is 1.13. The van der Waals surface area contributed by atoms with Crippen LogP contribution in [0.1, 0.15) is 12.8 Å². The van der Waals surface area contributed by atoms with Crippen LogP contribution >= 0.6 is 11.8 Å². The smallest absolute Gasteiger partial charge is 0.263 e. The molecule has 0 aromatic rings. The lowest BCUT2D eigenvalue weighted by atomic mass is 10.2. The Labute approximate surface area is 105 Å². The molecule has 0 spiro atoms. The van der Waals surface area contributed by atoms with E-state index in [1.54, 1.807) is 19.0 Å². The lowest BCUT2D eigenvalue weighted by Gasteiger charge is -2.13. The van der Waals surface area contributed by atoms with E-state index in [-0.39, 0.29) is 17.9 Å². The van der Waals surface area contributed by atoms with E-state index >= 15 is 0 Å². The molecule has 0 aromatic heterocycles. The number of thioether (sulfide) groups is 1. The molecule has 1 fully saturated rings. The average Bonchev–Trinajstić information content (AvgIpc) is 2.76. The quantitative estimate of drug-likeness (QED) is 0.390.